The molecule has 0 amide bonds. The summed E-state index contributed by atoms with van der Waals surface area (Å²) in [6.07, 6.45) is 3.96. The van der Waals surface area contributed by atoms with Gasteiger partial charge in [0, 0.05) is 20.2 Å². The van der Waals surface area contributed by atoms with Crippen molar-refractivity contribution in [2.75, 3.05) is 33.4 Å². The topological polar surface area (TPSA) is 12.5 Å². The Morgan fingerprint density at radius 2 is 1.62 bits per heavy atom. The Balaban J connectivity index is 2.57. The number of rotatable bonds is 7. The smallest absolute Gasteiger partial charge is 0.0589 e. The summed E-state index contributed by atoms with van der Waals surface area (Å²) in [5.74, 6) is 0.827. The van der Waals surface area contributed by atoms with Gasteiger partial charge in [-0.15, -0.1) is 0 Å². The van der Waals surface area contributed by atoms with Crippen LogP contribution in [-0.2, 0) is 4.74 Å². The minimum atomic E-state index is 0.416. The predicted molar refractivity (Wildman–Crippen MR) is 92.7 cm³/mol. The molecule has 1 heterocycles. The molecule has 0 radical (unpaired) electrons. The fourth-order valence-electron chi connectivity index (χ4n) is 4.77. The van der Waals surface area contributed by atoms with Crippen molar-refractivity contribution >= 4 is 0 Å². The van der Waals surface area contributed by atoms with Gasteiger partial charge in [0.2, 0.25) is 0 Å². The average Bonchev–Trinajstić information content (AvgIpc) is 2.70. The Kier molecular flexibility index (Phi) is 6.32. The zero-order valence-corrected chi connectivity index (χ0v) is 15.9. The summed E-state index contributed by atoms with van der Waals surface area (Å²) < 4.78 is 5.22. The van der Waals surface area contributed by atoms with Crippen LogP contribution >= 0.6 is 0 Å². The molecule has 1 saturated heterocycles. The largest absolute Gasteiger partial charge is 0.383 e. The molecule has 0 saturated carbocycles. The lowest BCUT2D eigenvalue weighted by Gasteiger charge is -2.42. The molecule has 1 unspecified atom stereocenters. The molecule has 21 heavy (non-hydrogen) atoms. The van der Waals surface area contributed by atoms with Crippen LogP contribution < -0.4 is 0 Å². The molecule has 0 aromatic carbocycles. The number of ether oxygens (including phenoxy) is 1. The average molecular weight is 298 g/mol. The first-order valence-corrected chi connectivity index (χ1v) is 8.66. The van der Waals surface area contributed by atoms with Gasteiger partial charge in [-0.3, -0.25) is 0 Å². The van der Waals surface area contributed by atoms with Crippen LogP contribution in [0, 0.1) is 22.2 Å². The minimum Gasteiger partial charge on any atom is -0.383 e. The van der Waals surface area contributed by atoms with E-state index in [1.54, 1.807) is 7.11 Å². The van der Waals surface area contributed by atoms with Crippen molar-refractivity contribution in [2.45, 2.75) is 67.7 Å². The third kappa shape index (κ3) is 6.69. The Morgan fingerprint density at radius 3 is 2.14 bits per heavy atom. The number of methoxy groups -OCH3 is 1. The maximum absolute atomic E-state index is 5.22. The second-order valence-electron chi connectivity index (χ2n) is 9.85. The number of nitrogens with zero attached hydrogens (tertiary/aromatic N) is 1. The number of hydrogen-bond acceptors (Lipinski definition) is 2. The highest BCUT2D eigenvalue weighted by molar-refractivity contribution is 4.91. The molecule has 1 rings (SSSR count). The van der Waals surface area contributed by atoms with E-state index < -0.39 is 0 Å². The van der Waals surface area contributed by atoms with Crippen molar-refractivity contribution in [3.63, 3.8) is 0 Å². The first kappa shape index (κ1) is 19.0. The molecular formula is C19H39NO. The van der Waals surface area contributed by atoms with Crippen LogP contribution in [0.15, 0.2) is 0 Å². The van der Waals surface area contributed by atoms with Crippen LogP contribution in [0.25, 0.3) is 0 Å². The molecule has 0 bridgehead atoms. The quantitative estimate of drug-likeness (QED) is 0.667. The van der Waals surface area contributed by atoms with Crippen molar-refractivity contribution in [3.05, 3.63) is 0 Å². The van der Waals surface area contributed by atoms with Crippen molar-refractivity contribution in [3.8, 4) is 0 Å². The minimum absolute atomic E-state index is 0.416. The summed E-state index contributed by atoms with van der Waals surface area (Å²) in [7, 11) is 1.80. The molecule has 2 nitrogen and oxygen atoms in total. The highest BCUT2D eigenvalue weighted by atomic mass is 16.5. The third-order valence-corrected chi connectivity index (χ3v) is 4.93. The van der Waals surface area contributed by atoms with Crippen LogP contribution in [-0.4, -0.2) is 38.3 Å². The van der Waals surface area contributed by atoms with E-state index in [4.69, 9.17) is 4.74 Å². The van der Waals surface area contributed by atoms with E-state index in [1.807, 2.05) is 0 Å². The lowest BCUT2D eigenvalue weighted by Crippen LogP contribution is -2.34. The molecule has 0 aliphatic carbocycles. The van der Waals surface area contributed by atoms with E-state index in [9.17, 15) is 0 Å². The summed E-state index contributed by atoms with van der Waals surface area (Å²) >= 11 is 0. The van der Waals surface area contributed by atoms with Gasteiger partial charge >= 0.3 is 0 Å². The summed E-state index contributed by atoms with van der Waals surface area (Å²) in [6.45, 7) is 21.4. The van der Waals surface area contributed by atoms with Gasteiger partial charge < -0.3 is 9.64 Å². The Hall–Kier alpha value is -0.0800. The fourth-order valence-corrected chi connectivity index (χ4v) is 4.77. The summed E-state index contributed by atoms with van der Waals surface area (Å²) in [5, 5.41) is 0. The van der Waals surface area contributed by atoms with Crippen LogP contribution in [0.4, 0.5) is 0 Å². The van der Waals surface area contributed by atoms with Crippen molar-refractivity contribution < 1.29 is 4.74 Å². The molecule has 2 heteroatoms. The van der Waals surface area contributed by atoms with Gasteiger partial charge in [-0.05, 0) is 48.0 Å². The van der Waals surface area contributed by atoms with Crippen molar-refractivity contribution in [1.29, 1.82) is 0 Å². The van der Waals surface area contributed by atoms with Gasteiger partial charge in [-0.1, -0.05) is 48.5 Å². The number of hydrogen-bond donors (Lipinski definition) is 0. The highest BCUT2D eigenvalue weighted by Crippen LogP contribution is 2.46. The fraction of sp³-hybridized carbons (Fsp3) is 1.00. The molecule has 0 aromatic rings. The Morgan fingerprint density at radius 1 is 1.00 bits per heavy atom. The van der Waals surface area contributed by atoms with E-state index in [-0.39, 0.29) is 0 Å². The molecule has 1 aliphatic heterocycles. The van der Waals surface area contributed by atoms with Crippen LogP contribution in [0.2, 0.25) is 0 Å². The van der Waals surface area contributed by atoms with Gasteiger partial charge in [0.1, 0.15) is 0 Å². The van der Waals surface area contributed by atoms with Gasteiger partial charge in [0.25, 0.3) is 0 Å². The molecule has 0 N–H and O–H groups in total. The van der Waals surface area contributed by atoms with E-state index >= 15 is 0 Å². The van der Waals surface area contributed by atoms with Crippen LogP contribution in [0.5, 0.6) is 0 Å². The molecule has 0 aromatic heterocycles. The van der Waals surface area contributed by atoms with Gasteiger partial charge in [0.15, 0.2) is 0 Å². The monoisotopic (exact) mass is 297 g/mol. The summed E-state index contributed by atoms with van der Waals surface area (Å²) in [6, 6.07) is 0. The van der Waals surface area contributed by atoms with Crippen molar-refractivity contribution in [2.24, 2.45) is 22.2 Å². The van der Waals surface area contributed by atoms with E-state index in [0.717, 1.165) is 19.1 Å². The first-order chi connectivity index (χ1) is 9.45. The van der Waals surface area contributed by atoms with E-state index in [0.29, 0.717) is 16.2 Å². The second-order valence-corrected chi connectivity index (χ2v) is 9.85. The normalized spacial score (nSPS) is 22.0. The predicted octanol–water partition coefficient (Wildman–Crippen LogP) is 4.83. The highest BCUT2D eigenvalue weighted by Gasteiger charge is 2.39. The molecule has 126 valence electrons. The number of likely N-dealkylation sites (tertiary alicyclic amines) is 1. The van der Waals surface area contributed by atoms with Gasteiger partial charge in [0.05, 0.1) is 6.61 Å². The Bertz CT molecular complexity index is 314. The van der Waals surface area contributed by atoms with Crippen LogP contribution in [0.3, 0.4) is 0 Å². The van der Waals surface area contributed by atoms with Crippen LogP contribution in [0.1, 0.15) is 67.7 Å². The summed E-state index contributed by atoms with van der Waals surface area (Å²) in [4.78, 5) is 2.58. The molecule has 1 atom stereocenters. The third-order valence-electron chi connectivity index (χ3n) is 4.93. The first-order valence-electron chi connectivity index (χ1n) is 8.66. The Labute approximate surface area is 133 Å². The molecular weight excluding hydrogens is 258 g/mol. The molecule has 1 aliphatic rings. The molecule has 1 fully saturated rings. The van der Waals surface area contributed by atoms with Crippen molar-refractivity contribution in [1.82, 2.24) is 4.90 Å². The zero-order valence-electron chi connectivity index (χ0n) is 15.9. The van der Waals surface area contributed by atoms with Gasteiger partial charge in [-0.25, -0.2) is 0 Å². The lowest BCUT2D eigenvalue weighted by molar-refractivity contribution is 0.0869. The SMILES string of the molecule is COCCN1CCC(C(C)(C)CC(C)(C)CC(C)(C)C)C1. The second kappa shape index (κ2) is 7.00. The standard InChI is InChI=1S/C19H39NO/c1-17(2,3)14-18(4,5)15-19(6,7)16-9-10-20(13-16)11-12-21-8/h16H,9-15H2,1-8H3. The summed E-state index contributed by atoms with van der Waals surface area (Å²) in [5.41, 5.74) is 1.26. The van der Waals surface area contributed by atoms with Gasteiger partial charge in [-0.2, -0.15) is 0 Å². The zero-order chi connectivity index (χ0) is 16.3. The lowest BCUT2D eigenvalue weighted by atomic mass is 9.64. The maximum Gasteiger partial charge on any atom is 0.0589 e. The van der Waals surface area contributed by atoms with E-state index in [2.05, 4.69) is 53.4 Å². The van der Waals surface area contributed by atoms with E-state index in [1.165, 1.54) is 32.4 Å². The molecule has 0 spiro atoms. The maximum atomic E-state index is 5.22.